The van der Waals surface area contributed by atoms with Gasteiger partial charge < -0.3 is 45.5 Å². The summed E-state index contributed by atoms with van der Waals surface area (Å²) < 4.78 is 59.7. The van der Waals surface area contributed by atoms with E-state index in [1.54, 1.807) is 6.92 Å². The third kappa shape index (κ3) is 10.9. The Morgan fingerprint density at radius 3 is 2.60 bits per heavy atom. The summed E-state index contributed by atoms with van der Waals surface area (Å²) >= 11 is 0. The highest BCUT2D eigenvalue weighted by Gasteiger charge is 2.50. The van der Waals surface area contributed by atoms with Gasteiger partial charge in [-0.15, -0.1) is 0 Å². The molecule has 0 spiro atoms. The van der Waals surface area contributed by atoms with E-state index in [4.69, 9.17) is 40.3 Å². The van der Waals surface area contributed by atoms with Crippen LogP contribution in [0.1, 0.15) is 32.2 Å². The Kier molecular flexibility index (Phi) is 14.2. The van der Waals surface area contributed by atoms with Crippen molar-refractivity contribution in [2.45, 2.75) is 68.0 Å². The SMILES string of the molecule is CSSC(CN=[N+]=[N-])C[C@H](C)C(=O)O[C@H]1[C@@H](O)[C@H](n2cnc3c(N)ncnc32)O[C@@H]1COP(=O)(O)O[C@H]1C[C@H](n2ccc(N)nc2=O)O[C@@H]1COP(=O)(O)O. The van der Waals surface area contributed by atoms with E-state index in [9.17, 15) is 38.5 Å². The summed E-state index contributed by atoms with van der Waals surface area (Å²) in [7, 11) is -7.38. The molecular weight excluding hydrogens is 816 g/mol. The van der Waals surface area contributed by atoms with Crippen LogP contribution in [-0.2, 0) is 41.7 Å². The molecular formula is C26H37N11O14P2S2. The number of anilines is 2. The van der Waals surface area contributed by atoms with Gasteiger partial charge in [0.1, 0.15) is 48.3 Å². The number of nitrogens with two attached hydrogens (primary N) is 2. The lowest BCUT2D eigenvalue weighted by molar-refractivity contribution is -0.161. The zero-order chi connectivity index (χ0) is 40.1. The first kappa shape index (κ1) is 42.7. The van der Waals surface area contributed by atoms with Gasteiger partial charge >= 0.3 is 27.3 Å². The Labute approximate surface area is 318 Å². The number of esters is 1. The lowest BCUT2D eigenvalue weighted by Crippen LogP contribution is -2.39. The van der Waals surface area contributed by atoms with Crippen molar-refractivity contribution >= 4 is 66.0 Å². The van der Waals surface area contributed by atoms with Crippen LogP contribution in [0, 0.1) is 5.92 Å². The first-order chi connectivity index (χ1) is 26.0. The number of aromatic nitrogens is 6. The summed E-state index contributed by atoms with van der Waals surface area (Å²) in [6.45, 7) is 0.0324. The minimum atomic E-state index is -5.15. The maximum atomic E-state index is 13.4. The number of imidazole rings is 1. The zero-order valence-corrected chi connectivity index (χ0v) is 32.2. The summed E-state index contributed by atoms with van der Waals surface area (Å²) in [4.78, 5) is 73.7. The molecule has 302 valence electrons. The zero-order valence-electron chi connectivity index (χ0n) is 28.8. The van der Waals surface area contributed by atoms with Crippen LogP contribution in [0.2, 0.25) is 0 Å². The molecule has 0 aliphatic carbocycles. The molecule has 5 heterocycles. The van der Waals surface area contributed by atoms with Gasteiger partial charge in [0.2, 0.25) is 0 Å². The van der Waals surface area contributed by atoms with Crippen LogP contribution in [0.15, 0.2) is 34.8 Å². The van der Waals surface area contributed by atoms with Crippen LogP contribution < -0.4 is 17.2 Å². The van der Waals surface area contributed by atoms with Crippen LogP contribution in [-0.4, -0.2) is 117 Å². The quantitative estimate of drug-likeness (QED) is 0.0260. The number of fused-ring (bicyclic) bond motifs is 1. The number of nitrogen functional groups attached to an aromatic ring is 2. The highest BCUT2D eigenvalue weighted by Crippen LogP contribution is 2.50. The van der Waals surface area contributed by atoms with Gasteiger partial charge in [0.05, 0.1) is 25.5 Å². The van der Waals surface area contributed by atoms with Crippen molar-refractivity contribution in [2.75, 3.05) is 37.5 Å². The van der Waals surface area contributed by atoms with Gasteiger partial charge in [-0.2, -0.15) is 4.98 Å². The number of nitrogens with zero attached hydrogens (tertiary/aromatic N) is 9. The average Bonchev–Trinajstić information content (AvgIpc) is 3.80. The summed E-state index contributed by atoms with van der Waals surface area (Å²) in [5.41, 5.74) is 19.7. The van der Waals surface area contributed by atoms with Crippen LogP contribution in [0.4, 0.5) is 11.6 Å². The lowest BCUT2D eigenvalue weighted by atomic mass is 10.0. The fourth-order valence-electron chi connectivity index (χ4n) is 5.75. The third-order valence-corrected chi connectivity index (χ3v) is 11.9. The van der Waals surface area contributed by atoms with Gasteiger partial charge in [-0.05, 0) is 24.3 Å². The van der Waals surface area contributed by atoms with Gasteiger partial charge in [0.25, 0.3) is 0 Å². The Morgan fingerprint density at radius 2 is 1.91 bits per heavy atom. The van der Waals surface area contributed by atoms with Crippen LogP contribution in [0.3, 0.4) is 0 Å². The Hall–Kier alpha value is -3.39. The van der Waals surface area contributed by atoms with Crippen LogP contribution >= 0.6 is 37.2 Å². The molecule has 3 aromatic heterocycles. The maximum Gasteiger partial charge on any atom is 0.472 e. The molecule has 2 fully saturated rings. The number of carbonyl (C=O) groups is 1. The molecule has 2 unspecified atom stereocenters. The Morgan fingerprint density at radius 1 is 1.16 bits per heavy atom. The van der Waals surface area contributed by atoms with Crippen molar-refractivity contribution in [3.8, 4) is 0 Å². The number of carbonyl (C=O) groups excluding carboxylic acids is 1. The monoisotopic (exact) mass is 853 g/mol. The van der Waals surface area contributed by atoms with E-state index in [2.05, 4.69) is 34.5 Å². The second kappa shape index (κ2) is 18.3. The number of phosphoric acid groups is 2. The van der Waals surface area contributed by atoms with E-state index in [1.807, 2.05) is 6.26 Å². The van der Waals surface area contributed by atoms with Gasteiger partial charge in [0, 0.05) is 29.3 Å². The highest BCUT2D eigenvalue weighted by atomic mass is 33.1. The van der Waals surface area contributed by atoms with E-state index in [0.717, 1.165) is 10.9 Å². The summed E-state index contributed by atoms with van der Waals surface area (Å²) in [5, 5.41) is 14.8. The molecule has 0 amide bonds. The van der Waals surface area contributed by atoms with Crippen LogP contribution in [0.25, 0.3) is 21.6 Å². The topological polar surface area (TPSA) is 367 Å². The molecule has 2 aliphatic heterocycles. The van der Waals surface area contributed by atoms with Gasteiger partial charge in [0.15, 0.2) is 23.8 Å². The molecule has 5 rings (SSSR count). The lowest BCUT2D eigenvalue weighted by Gasteiger charge is -2.25. The number of hydrogen-bond acceptors (Lipinski definition) is 20. The van der Waals surface area contributed by atoms with E-state index in [-0.39, 0.29) is 47.4 Å². The molecule has 0 radical (unpaired) electrons. The van der Waals surface area contributed by atoms with Crippen molar-refractivity contribution in [2.24, 2.45) is 11.0 Å². The predicted molar refractivity (Wildman–Crippen MR) is 192 cm³/mol. The average molecular weight is 854 g/mol. The minimum absolute atomic E-state index is 0.0323. The van der Waals surface area contributed by atoms with Crippen molar-refractivity contribution in [3.05, 3.63) is 45.8 Å². The molecule has 25 nitrogen and oxygen atoms in total. The molecule has 2 saturated heterocycles. The first-order valence-corrected chi connectivity index (χ1v) is 21.7. The Balaban J connectivity index is 1.34. The number of aliphatic hydroxyl groups excluding tert-OH is 1. The normalized spacial score (nSPS) is 26.3. The second-order valence-electron chi connectivity index (χ2n) is 12.1. The number of aliphatic hydroxyl groups is 1. The number of phosphoric ester groups is 2. The molecule has 29 heteroatoms. The van der Waals surface area contributed by atoms with Crippen LogP contribution in [0.5, 0.6) is 0 Å². The van der Waals surface area contributed by atoms with Gasteiger partial charge in [-0.1, -0.05) is 33.6 Å². The molecule has 0 aromatic carbocycles. The summed E-state index contributed by atoms with van der Waals surface area (Å²) in [6.07, 6.45) is -4.55. The largest absolute Gasteiger partial charge is 0.472 e. The van der Waals surface area contributed by atoms with Crippen molar-refractivity contribution in [3.63, 3.8) is 0 Å². The number of hydrogen-bond donors (Lipinski definition) is 6. The van der Waals surface area contributed by atoms with E-state index < -0.39 is 89.4 Å². The second-order valence-corrected chi connectivity index (χ2v) is 17.5. The smallest absolute Gasteiger partial charge is 0.456 e. The highest BCUT2D eigenvalue weighted by molar-refractivity contribution is 8.76. The fourth-order valence-corrected chi connectivity index (χ4v) is 9.05. The molecule has 2 aliphatic rings. The van der Waals surface area contributed by atoms with E-state index in [1.165, 1.54) is 44.7 Å². The molecule has 10 atom stereocenters. The predicted octanol–water partition coefficient (Wildman–Crippen LogP) is 1.03. The first-order valence-electron chi connectivity index (χ1n) is 16.0. The number of azide groups is 1. The Bertz CT molecular complexity index is 2040. The van der Waals surface area contributed by atoms with E-state index in [0.29, 0.717) is 0 Å². The molecule has 55 heavy (non-hydrogen) atoms. The molecule has 0 bridgehead atoms. The van der Waals surface area contributed by atoms with Crippen molar-refractivity contribution in [1.82, 2.24) is 29.1 Å². The standard InChI is InChI=1S/C26H37N11O14P2S2/c1-12(5-13(55-54-2)7-33-35-29)25(39)50-21-16(49-24(20(21)38)37-11-32-19-22(28)30-10-31-23(19)37)9-47-53(44,45)51-14-6-18(36-4-3-17(27)34-26(36)40)48-15(14)8-46-52(41,42)43/h3-4,10-16,18,20-21,24,38H,5-9H2,1-2H3,(H,44,45)(H2,27,34,40)(H2,28,30,31)(H2,41,42,43)/t12-,13?,14-,15+,16+,18+,20+,21+,24+/m0/s1. The number of ether oxygens (including phenoxy) is 3. The maximum absolute atomic E-state index is 13.4. The van der Waals surface area contributed by atoms with E-state index >= 15 is 0 Å². The van der Waals surface area contributed by atoms with Gasteiger partial charge in [-0.3, -0.25) is 27.5 Å². The molecule has 0 saturated carbocycles. The fraction of sp³-hybridized carbons (Fsp3) is 0.615. The van der Waals surface area contributed by atoms with Crippen molar-refractivity contribution < 1.29 is 61.5 Å². The minimum Gasteiger partial charge on any atom is -0.456 e. The van der Waals surface area contributed by atoms with Crippen molar-refractivity contribution in [1.29, 1.82) is 0 Å². The molecule has 8 N–H and O–H groups in total. The molecule has 3 aromatic rings. The summed E-state index contributed by atoms with van der Waals surface area (Å²) in [5.74, 6) is -1.60. The van der Waals surface area contributed by atoms with Gasteiger partial charge in [-0.25, -0.2) is 28.9 Å². The summed E-state index contributed by atoms with van der Waals surface area (Å²) in [6, 6.07) is 1.28. The number of rotatable bonds is 18. The third-order valence-electron chi connectivity index (χ3n) is 8.24.